The zero-order valence-corrected chi connectivity index (χ0v) is 13.7. The molecule has 1 amide bonds. The molecular weight excluding hydrogens is 317 g/mol. The van der Waals surface area contributed by atoms with Gasteiger partial charge in [0, 0.05) is 16.8 Å². The molecule has 0 saturated heterocycles. The summed E-state index contributed by atoms with van der Waals surface area (Å²) >= 11 is 0. The van der Waals surface area contributed by atoms with Crippen LogP contribution < -0.4 is 11.1 Å². The van der Waals surface area contributed by atoms with E-state index < -0.39 is 17.3 Å². The quantitative estimate of drug-likeness (QED) is 0.794. The molecule has 0 spiro atoms. The van der Waals surface area contributed by atoms with Gasteiger partial charge < -0.3 is 11.1 Å². The predicted molar refractivity (Wildman–Crippen MR) is 88.5 cm³/mol. The molecule has 2 aromatic rings. The van der Waals surface area contributed by atoms with Crippen LogP contribution in [0, 0.1) is 0 Å². The molecular formula is C18H19F3N2O. The highest BCUT2D eigenvalue weighted by Crippen LogP contribution is 2.31. The van der Waals surface area contributed by atoms with Crippen molar-refractivity contribution in [2.45, 2.75) is 32.5 Å². The van der Waals surface area contributed by atoms with E-state index in [1.807, 2.05) is 20.8 Å². The molecule has 128 valence electrons. The lowest BCUT2D eigenvalue weighted by molar-refractivity contribution is -0.137. The fourth-order valence-corrected chi connectivity index (χ4v) is 2.21. The normalized spacial score (nSPS) is 12.1. The number of hydrogen-bond donors (Lipinski definition) is 2. The molecule has 0 saturated carbocycles. The van der Waals surface area contributed by atoms with Crippen LogP contribution in [0.4, 0.5) is 18.9 Å². The Hall–Kier alpha value is -2.50. The molecule has 2 rings (SSSR count). The molecule has 2 aromatic carbocycles. The summed E-state index contributed by atoms with van der Waals surface area (Å²) in [5.74, 6) is -0.289. The van der Waals surface area contributed by atoms with Crippen molar-refractivity contribution >= 4 is 11.6 Å². The van der Waals surface area contributed by atoms with Crippen molar-refractivity contribution in [3.63, 3.8) is 0 Å². The lowest BCUT2D eigenvalue weighted by Gasteiger charge is -2.21. The van der Waals surface area contributed by atoms with Gasteiger partial charge in [0.1, 0.15) is 0 Å². The number of carbonyl (C=O) groups is 1. The van der Waals surface area contributed by atoms with E-state index in [2.05, 4.69) is 5.32 Å². The summed E-state index contributed by atoms with van der Waals surface area (Å²) < 4.78 is 37.9. The average molecular weight is 336 g/mol. The van der Waals surface area contributed by atoms with Gasteiger partial charge in [-0.05, 0) is 62.2 Å². The summed E-state index contributed by atoms with van der Waals surface area (Å²) in [6, 6.07) is 9.51. The van der Waals surface area contributed by atoms with Crippen LogP contribution in [0.1, 0.15) is 36.7 Å². The molecule has 3 nitrogen and oxygen atoms in total. The molecule has 0 unspecified atom stereocenters. The molecule has 0 aliphatic heterocycles. The molecule has 6 heteroatoms. The number of amides is 1. The Morgan fingerprint density at radius 3 is 2.04 bits per heavy atom. The maximum absolute atomic E-state index is 12.6. The third-order valence-electron chi connectivity index (χ3n) is 3.25. The number of alkyl halides is 3. The van der Waals surface area contributed by atoms with E-state index in [-0.39, 0.29) is 5.91 Å². The second-order valence-corrected chi connectivity index (χ2v) is 6.62. The number of halogens is 3. The van der Waals surface area contributed by atoms with E-state index in [0.29, 0.717) is 22.4 Å². The first-order valence-electron chi connectivity index (χ1n) is 7.36. The Bertz CT molecular complexity index is 744. The van der Waals surface area contributed by atoms with E-state index in [1.54, 1.807) is 12.1 Å². The topological polar surface area (TPSA) is 55.1 Å². The van der Waals surface area contributed by atoms with Crippen LogP contribution in [-0.4, -0.2) is 11.4 Å². The van der Waals surface area contributed by atoms with Gasteiger partial charge >= 0.3 is 6.18 Å². The predicted octanol–water partition coefficient (Wildman–Crippen LogP) is 4.48. The van der Waals surface area contributed by atoms with Crippen molar-refractivity contribution in [1.29, 1.82) is 0 Å². The van der Waals surface area contributed by atoms with E-state index >= 15 is 0 Å². The summed E-state index contributed by atoms with van der Waals surface area (Å²) in [5, 5.41) is 2.83. The molecule has 24 heavy (non-hydrogen) atoms. The Morgan fingerprint density at radius 2 is 1.54 bits per heavy atom. The van der Waals surface area contributed by atoms with Crippen molar-refractivity contribution in [3.8, 4) is 11.1 Å². The van der Waals surface area contributed by atoms with E-state index in [1.165, 1.54) is 18.2 Å². The largest absolute Gasteiger partial charge is 0.416 e. The van der Waals surface area contributed by atoms with Gasteiger partial charge in [-0.3, -0.25) is 4.79 Å². The minimum absolute atomic E-state index is 0.289. The number of hydrogen-bond acceptors (Lipinski definition) is 2. The summed E-state index contributed by atoms with van der Waals surface area (Å²) in [6.07, 6.45) is -4.38. The summed E-state index contributed by atoms with van der Waals surface area (Å²) in [5.41, 5.74) is 6.58. The average Bonchev–Trinajstić information content (AvgIpc) is 2.44. The highest BCUT2D eigenvalue weighted by Gasteiger charge is 2.30. The van der Waals surface area contributed by atoms with Crippen LogP contribution in [0.5, 0.6) is 0 Å². The van der Waals surface area contributed by atoms with Crippen LogP contribution in [0.25, 0.3) is 11.1 Å². The van der Waals surface area contributed by atoms with Crippen molar-refractivity contribution in [2.75, 3.05) is 5.73 Å². The van der Waals surface area contributed by atoms with Crippen LogP contribution in [-0.2, 0) is 6.18 Å². The molecule has 0 aliphatic carbocycles. The lowest BCUT2D eigenvalue weighted by Crippen LogP contribution is -2.40. The maximum atomic E-state index is 12.6. The van der Waals surface area contributed by atoms with Gasteiger partial charge in [0.05, 0.1) is 5.56 Å². The van der Waals surface area contributed by atoms with Gasteiger partial charge in [0.15, 0.2) is 0 Å². The smallest absolute Gasteiger partial charge is 0.399 e. The first-order valence-corrected chi connectivity index (χ1v) is 7.36. The second-order valence-electron chi connectivity index (χ2n) is 6.62. The molecule has 0 aliphatic rings. The van der Waals surface area contributed by atoms with Gasteiger partial charge in [0.25, 0.3) is 5.91 Å². The first kappa shape index (κ1) is 17.8. The lowest BCUT2D eigenvalue weighted by atomic mass is 9.99. The zero-order valence-electron chi connectivity index (χ0n) is 13.7. The minimum atomic E-state index is -4.38. The van der Waals surface area contributed by atoms with Crippen LogP contribution >= 0.6 is 0 Å². The van der Waals surface area contributed by atoms with E-state index in [9.17, 15) is 18.0 Å². The highest BCUT2D eigenvalue weighted by molar-refractivity contribution is 5.97. The number of benzene rings is 2. The Morgan fingerprint density at radius 1 is 0.958 bits per heavy atom. The summed E-state index contributed by atoms with van der Waals surface area (Å²) in [6.45, 7) is 5.57. The van der Waals surface area contributed by atoms with Crippen molar-refractivity contribution < 1.29 is 18.0 Å². The minimum Gasteiger partial charge on any atom is -0.399 e. The molecule has 0 heterocycles. The van der Waals surface area contributed by atoms with E-state index in [4.69, 9.17) is 5.73 Å². The monoisotopic (exact) mass is 336 g/mol. The van der Waals surface area contributed by atoms with E-state index in [0.717, 1.165) is 12.1 Å². The highest BCUT2D eigenvalue weighted by atomic mass is 19.4. The molecule has 0 aromatic heterocycles. The first-order chi connectivity index (χ1) is 11.0. The van der Waals surface area contributed by atoms with Crippen molar-refractivity contribution in [2.24, 2.45) is 0 Å². The summed E-state index contributed by atoms with van der Waals surface area (Å²) in [7, 11) is 0. The summed E-state index contributed by atoms with van der Waals surface area (Å²) in [4.78, 5) is 12.3. The number of anilines is 1. The Balaban J connectivity index is 2.36. The van der Waals surface area contributed by atoms with Crippen LogP contribution in [0.3, 0.4) is 0 Å². The zero-order chi connectivity index (χ0) is 18.1. The Labute approximate surface area is 138 Å². The second kappa shape index (κ2) is 6.19. The van der Waals surface area contributed by atoms with Gasteiger partial charge in [-0.1, -0.05) is 12.1 Å². The Kier molecular flexibility index (Phi) is 4.60. The number of nitrogens with two attached hydrogens (primary N) is 1. The number of carbonyl (C=O) groups excluding carboxylic acids is 1. The fraction of sp³-hybridized carbons (Fsp3) is 0.278. The molecule has 0 bridgehead atoms. The number of rotatable bonds is 2. The number of nitrogens with one attached hydrogen (secondary N) is 1. The number of nitrogen functional groups attached to an aromatic ring is 1. The third kappa shape index (κ3) is 4.50. The van der Waals surface area contributed by atoms with Crippen molar-refractivity contribution in [3.05, 3.63) is 53.6 Å². The maximum Gasteiger partial charge on any atom is 0.416 e. The van der Waals surface area contributed by atoms with Gasteiger partial charge in [-0.2, -0.15) is 13.2 Å². The SMILES string of the molecule is CC(C)(C)NC(=O)c1cc(N)cc(-c2ccc(C(F)(F)F)cc2)c1. The third-order valence-corrected chi connectivity index (χ3v) is 3.25. The van der Waals surface area contributed by atoms with Crippen LogP contribution in [0.15, 0.2) is 42.5 Å². The molecule has 3 N–H and O–H groups in total. The molecule has 0 atom stereocenters. The molecule has 0 fully saturated rings. The van der Waals surface area contributed by atoms with Gasteiger partial charge in [-0.15, -0.1) is 0 Å². The van der Waals surface area contributed by atoms with Crippen LogP contribution in [0.2, 0.25) is 0 Å². The standard InChI is InChI=1S/C18H19F3N2O/c1-17(2,3)23-16(24)13-8-12(9-15(22)10-13)11-4-6-14(7-5-11)18(19,20)21/h4-10H,22H2,1-3H3,(H,23,24). The fourth-order valence-electron chi connectivity index (χ4n) is 2.21. The van der Waals surface area contributed by atoms with Gasteiger partial charge in [-0.25, -0.2) is 0 Å². The molecule has 0 radical (unpaired) electrons. The van der Waals surface area contributed by atoms with Crippen molar-refractivity contribution in [1.82, 2.24) is 5.32 Å². The van der Waals surface area contributed by atoms with Gasteiger partial charge in [0.2, 0.25) is 0 Å².